The number of amides is 1. The van der Waals surface area contributed by atoms with Crippen molar-refractivity contribution in [3.05, 3.63) is 146 Å². The molecule has 4 nitrogen and oxygen atoms in total. The maximum atomic E-state index is 12.5. The Labute approximate surface area is 503 Å². The van der Waals surface area contributed by atoms with Gasteiger partial charge < -0.3 is 15.5 Å². The summed E-state index contributed by atoms with van der Waals surface area (Å²) >= 11 is 0. The Balaban J connectivity index is 3.60. The first kappa shape index (κ1) is 77.3. The zero-order valence-electron chi connectivity index (χ0n) is 53.3. The van der Waals surface area contributed by atoms with Gasteiger partial charge in [-0.3, -0.25) is 4.79 Å². The van der Waals surface area contributed by atoms with Crippen LogP contribution in [-0.2, 0) is 4.79 Å². The van der Waals surface area contributed by atoms with Gasteiger partial charge in [0.1, 0.15) is 0 Å². The number of aliphatic hydroxyl groups excluding tert-OH is 2. The average Bonchev–Trinajstić information content (AvgIpc) is 3.47. The molecule has 0 rings (SSSR count). The average molecular weight is 1120 g/mol. The molecule has 2 atom stereocenters. The van der Waals surface area contributed by atoms with E-state index in [-0.39, 0.29) is 12.5 Å². The molecule has 0 spiro atoms. The molecule has 0 saturated heterocycles. The highest BCUT2D eigenvalue weighted by Gasteiger charge is 2.18. The second-order valence-electron chi connectivity index (χ2n) is 22.9. The van der Waals surface area contributed by atoms with Gasteiger partial charge in [-0.05, 0) is 109 Å². The molecule has 462 valence electrons. The molecule has 1 amide bonds. The third-order valence-electron chi connectivity index (χ3n) is 15.1. The van der Waals surface area contributed by atoms with Gasteiger partial charge in [0.25, 0.3) is 0 Å². The summed E-state index contributed by atoms with van der Waals surface area (Å²) in [4.78, 5) is 12.5. The van der Waals surface area contributed by atoms with E-state index in [0.29, 0.717) is 6.42 Å². The van der Waals surface area contributed by atoms with Crippen molar-refractivity contribution < 1.29 is 15.0 Å². The number of nitrogens with one attached hydrogen (secondary N) is 1. The van der Waals surface area contributed by atoms with E-state index < -0.39 is 12.1 Å². The number of hydrogen-bond donors (Lipinski definition) is 3. The number of hydrogen-bond acceptors (Lipinski definition) is 3. The molecule has 0 aliphatic heterocycles. The van der Waals surface area contributed by atoms with Crippen molar-refractivity contribution in [1.29, 1.82) is 0 Å². The van der Waals surface area contributed by atoms with Crippen LogP contribution in [0.4, 0.5) is 0 Å². The lowest BCUT2D eigenvalue weighted by molar-refractivity contribution is -0.123. The molecule has 0 saturated carbocycles. The molecule has 3 N–H and O–H groups in total. The number of carbonyl (C=O) groups excluding carboxylic acids is 1. The number of aliphatic hydroxyl groups is 2. The fourth-order valence-electron chi connectivity index (χ4n) is 9.87. The standard InChI is InChI=1S/C77H131NO3/c1-3-5-7-9-11-13-15-17-19-21-23-25-27-29-31-33-34-35-36-37-38-39-40-41-42-43-44-45-47-49-51-53-55-57-59-61-63-65-67-69-71-73-77(81)78-75(74-79)76(80)72-70-68-66-64-62-60-58-56-54-52-50-48-46-32-30-28-26-24-22-20-18-16-14-12-10-8-6-4-2/h5,7,11,13,17,19,23,25,29,31,34-35,37-38,40-41,43-44,47,49,62,64,70,72,75-76,79-80H,3-4,6,8-10,12,14-16,18,20-22,24,26-28,30,32-33,36,39,42,45-46,48,50-61,63,65-69,71,73-74H2,1-2H3,(H,78,81)/b7-5-,13-11-,19-17-,25-23-,31-29-,35-34-,38-37-,41-40-,44-43-,49-47-,64-62+,72-70+. The summed E-state index contributed by atoms with van der Waals surface area (Å²) in [6.07, 6.45) is 111. The van der Waals surface area contributed by atoms with Crippen LogP contribution < -0.4 is 5.32 Å². The Morgan fingerprint density at radius 3 is 0.864 bits per heavy atom. The third kappa shape index (κ3) is 67.0. The van der Waals surface area contributed by atoms with Crippen molar-refractivity contribution >= 4 is 5.91 Å². The Bertz CT molecular complexity index is 1650. The molecule has 0 aromatic rings. The minimum atomic E-state index is -0.875. The van der Waals surface area contributed by atoms with Crippen LogP contribution in [0.15, 0.2) is 146 Å². The highest BCUT2D eigenvalue weighted by molar-refractivity contribution is 5.76. The van der Waals surface area contributed by atoms with E-state index in [4.69, 9.17) is 0 Å². The predicted molar refractivity (Wildman–Crippen MR) is 363 cm³/mol. The topological polar surface area (TPSA) is 69.6 Å². The molecular weight excluding hydrogens is 987 g/mol. The van der Waals surface area contributed by atoms with Crippen LogP contribution in [0, 0.1) is 0 Å². The monoisotopic (exact) mass is 1120 g/mol. The van der Waals surface area contributed by atoms with E-state index in [1.807, 2.05) is 6.08 Å². The second kappa shape index (κ2) is 70.5. The van der Waals surface area contributed by atoms with Crippen LogP contribution in [0.5, 0.6) is 0 Å². The lowest BCUT2D eigenvalue weighted by Gasteiger charge is -2.19. The summed E-state index contributed by atoms with van der Waals surface area (Å²) in [7, 11) is 0. The quantitative estimate of drug-likeness (QED) is 0.0420. The fourth-order valence-corrected chi connectivity index (χ4v) is 9.87. The summed E-state index contributed by atoms with van der Waals surface area (Å²) in [6.45, 7) is 4.20. The third-order valence-corrected chi connectivity index (χ3v) is 15.1. The van der Waals surface area contributed by atoms with Crippen molar-refractivity contribution in [3.63, 3.8) is 0 Å². The summed E-state index contributed by atoms with van der Waals surface area (Å²) in [5, 5.41) is 23.3. The summed E-state index contributed by atoms with van der Waals surface area (Å²) in [5.41, 5.74) is 0. The Morgan fingerprint density at radius 1 is 0.309 bits per heavy atom. The zero-order valence-corrected chi connectivity index (χ0v) is 53.3. The molecular formula is C77H131NO3. The van der Waals surface area contributed by atoms with E-state index >= 15 is 0 Å². The molecule has 0 radical (unpaired) electrons. The van der Waals surface area contributed by atoms with Crippen LogP contribution in [-0.4, -0.2) is 34.9 Å². The van der Waals surface area contributed by atoms with Gasteiger partial charge in [-0.25, -0.2) is 0 Å². The molecule has 0 aromatic heterocycles. The van der Waals surface area contributed by atoms with E-state index in [1.165, 1.54) is 193 Å². The first-order chi connectivity index (χ1) is 40.2. The molecule has 4 heteroatoms. The first-order valence-electron chi connectivity index (χ1n) is 34.5. The van der Waals surface area contributed by atoms with Gasteiger partial charge in [-0.2, -0.15) is 0 Å². The van der Waals surface area contributed by atoms with E-state index in [1.54, 1.807) is 6.08 Å². The van der Waals surface area contributed by atoms with Gasteiger partial charge >= 0.3 is 0 Å². The van der Waals surface area contributed by atoms with Gasteiger partial charge in [0.05, 0.1) is 18.8 Å². The maximum absolute atomic E-state index is 12.5. The zero-order chi connectivity index (χ0) is 58.4. The predicted octanol–water partition coefficient (Wildman–Crippen LogP) is 23.9. The summed E-state index contributed by atoms with van der Waals surface area (Å²) in [6, 6.07) is -0.653. The van der Waals surface area contributed by atoms with Crippen LogP contribution in [0.3, 0.4) is 0 Å². The second-order valence-corrected chi connectivity index (χ2v) is 22.9. The molecule has 0 aliphatic carbocycles. The maximum Gasteiger partial charge on any atom is 0.220 e. The normalized spacial score (nSPS) is 13.7. The molecule has 2 unspecified atom stereocenters. The number of allylic oxidation sites excluding steroid dienone is 23. The Morgan fingerprint density at radius 2 is 0.556 bits per heavy atom. The van der Waals surface area contributed by atoms with Gasteiger partial charge in [0, 0.05) is 6.42 Å². The Hall–Kier alpha value is -3.73. The highest BCUT2D eigenvalue weighted by Crippen LogP contribution is 2.17. The summed E-state index contributed by atoms with van der Waals surface area (Å²) < 4.78 is 0. The van der Waals surface area contributed by atoms with Crippen molar-refractivity contribution in [2.24, 2.45) is 0 Å². The van der Waals surface area contributed by atoms with E-state index in [2.05, 4.69) is 153 Å². The number of rotatable bonds is 62. The van der Waals surface area contributed by atoms with Crippen LogP contribution in [0.1, 0.15) is 316 Å². The van der Waals surface area contributed by atoms with Crippen molar-refractivity contribution in [3.8, 4) is 0 Å². The van der Waals surface area contributed by atoms with Crippen LogP contribution in [0.2, 0.25) is 0 Å². The van der Waals surface area contributed by atoms with Crippen molar-refractivity contribution in [2.45, 2.75) is 328 Å². The Kier molecular flexibility index (Phi) is 67.3. The number of unbranched alkanes of at least 4 members (excludes halogenated alkanes) is 33. The largest absolute Gasteiger partial charge is 0.394 e. The minimum Gasteiger partial charge on any atom is -0.394 e. The van der Waals surface area contributed by atoms with Crippen molar-refractivity contribution in [2.75, 3.05) is 6.61 Å². The van der Waals surface area contributed by atoms with Gasteiger partial charge in [-0.15, -0.1) is 0 Å². The lowest BCUT2D eigenvalue weighted by Crippen LogP contribution is -2.45. The van der Waals surface area contributed by atoms with E-state index in [9.17, 15) is 15.0 Å². The van der Waals surface area contributed by atoms with Gasteiger partial charge in [0.2, 0.25) is 5.91 Å². The van der Waals surface area contributed by atoms with Crippen molar-refractivity contribution in [1.82, 2.24) is 5.32 Å². The smallest absolute Gasteiger partial charge is 0.220 e. The van der Waals surface area contributed by atoms with Gasteiger partial charge in [0.15, 0.2) is 0 Å². The molecule has 81 heavy (non-hydrogen) atoms. The first-order valence-corrected chi connectivity index (χ1v) is 34.5. The van der Waals surface area contributed by atoms with Gasteiger partial charge in [-0.1, -0.05) is 346 Å². The highest BCUT2D eigenvalue weighted by atomic mass is 16.3. The molecule has 0 fully saturated rings. The van der Waals surface area contributed by atoms with E-state index in [0.717, 1.165) is 103 Å². The number of carbonyl (C=O) groups is 1. The van der Waals surface area contributed by atoms with Crippen LogP contribution in [0.25, 0.3) is 0 Å². The molecule has 0 aromatic carbocycles. The molecule has 0 aliphatic rings. The summed E-state index contributed by atoms with van der Waals surface area (Å²) in [5.74, 6) is -0.0811. The lowest BCUT2D eigenvalue weighted by atomic mass is 10.0. The fraction of sp³-hybridized carbons (Fsp3) is 0.675. The van der Waals surface area contributed by atoms with Crippen LogP contribution >= 0.6 is 0 Å². The molecule has 0 heterocycles. The minimum absolute atomic E-state index is 0.0811. The SMILES string of the molecule is CC/C=C\C/C=C\C/C=C\C/C=C\C/C=C\C/C=C\C/C=C\C/C=C\C/C=C\C/C=C\CCCCCCCCCCCCC(=O)NC(CO)C(O)/C=C/CC/C=C/CCCCCCCCCCCCCCCCCCCCCCCC. The molecule has 0 bridgehead atoms.